The molecule has 0 heterocycles. The van der Waals surface area contributed by atoms with E-state index in [1.54, 1.807) is 0 Å². The number of carbonyl (C=O) groups is 1. The Morgan fingerprint density at radius 2 is 2.00 bits per heavy atom. The van der Waals surface area contributed by atoms with Gasteiger partial charge in [-0.25, -0.2) is 8.78 Å². The molecule has 0 aliphatic rings. The van der Waals surface area contributed by atoms with Gasteiger partial charge < -0.3 is 15.8 Å². The van der Waals surface area contributed by atoms with Crippen molar-refractivity contribution in [3.05, 3.63) is 35.9 Å². The van der Waals surface area contributed by atoms with E-state index in [1.807, 2.05) is 30.3 Å². The van der Waals surface area contributed by atoms with E-state index in [9.17, 15) is 13.6 Å². The van der Waals surface area contributed by atoms with Crippen molar-refractivity contribution < 1.29 is 18.3 Å². The lowest BCUT2D eigenvalue weighted by Crippen LogP contribution is -2.43. The SMILES string of the molecule is N[C@@H](Cc1ccccc1)C(=O)NCCOCC(F)F. The van der Waals surface area contributed by atoms with Gasteiger partial charge in [0.25, 0.3) is 6.43 Å². The van der Waals surface area contributed by atoms with Crippen LogP contribution in [0.2, 0.25) is 0 Å². The van der Waals surface area contributed by atoms with Crippen LogP contribution >= 0.6 is 0 Å². The van der Waals surface area contributed by atoms with Crippen LogP contribution in [0.4, 0.5) is 8.78 Å². The van der Waals surface area contributed by atoms with Gasteiger partial charge in [-0.15, -0.1) is 0 Å². The Balaban J connectivity index is 2.18. The maximum absolute atomic E-state index is 11.8. The standard InChI is InChI=1S/C13H18F2N2O2/c14-12(15)9-19-7-6-17-13(18)11(16)8-10-4-2-1-3-5-10/h1-5,11-12H,6-9,16H2,(H,17,18)/t11-/m0/s1. The minimum Gasteiger partial charge on any atom is -0.374 e. The molecule has 106 valence electrons. The third kappa shape index (κ3) is 6.83. The molecule has 0 aromatic heterocycles. The first-order valence-corrected chi connectivity index (χ1v) is 6.02. The van der Waals surface area contributed by atoms with Crippen molar-refractivity contribution in [3.63, 3.8) is 0 Å². The highest BCUT2D eigenvalue weighted by molar-refractivity contribution is 5.81. The second-order valence-corrected chi connectivity index (χ2v) is 4.05. The molecule has 0 spiro atoms. The fraction of sp³-hybridized carbons (Fsp3) is 0.462. The van der Waals surface area contributed by atoms with Gasteiger partial charge in [0.2, 0.25) is 5.91 Å². The normalized spacial score (nSPS) is 12.4. The highest BCUT2D eigenvalue weighted by Gasteiger charge is 2.13. The van der Waals surface area contributed by atoms with Crippen molar-refractivity contribution in [3.8, 4) is 0 Å². The molecule has 1 rings (SSSR count). The van der Waals surface area contributed by atoms with E-state index in [4.69, 9.17) is 5.73 Å². The van der Waals surface area contributed by atoms with Crippen molar-refractivity contribution in [2.24, 2.45) is 5.73 Å². The molecule has 1 atom stereocenters. The quantitative estimate of drug-likeness (QED) is 0.693. The van der Waals surface area contributed by atoms with Crippen LogP contribution in [-0.4, -0.2) is 38.1 Å². The van der Waals surface area contributed by atoms with Crippen LogP contribution < -0.4 is 11.1 Å². The van der Waals surface area contributed by atoms with Crippen molar-refractivity contribution in [2.45, 2.75) is 18.9 Å². The molecular formula is C13H18F2N2O2. The first kappa shape index (κ1) is 15.5. The molecule has 4 nitrogen and oxygen atoms in total. The lowest BCUT2D eigenvalue weighted by Gasteiger charge is -2.12. The second-order valence-electron chi connectivity index (χ2n) is 4.05. The number of hydrogen-bond donors (Lipinski definition) is 2. The molecule has 19 heavy (non-hydrogen) atoms. The molecule has 1 amide bonds. The maximum Gasteiger partial charge on any atom is 0.261 e. The van der Waals surface area contributed by atoms with Crippen LogP contribution in [0.15, 0.2) is 30.3 Å². The molecule has 0 saturated heterocycles. The van der Waals surface area contributed by atoms with Gasteiger partial charge in [0, 0.05) is 6.54 Å². The van der Waals surface area contributed by atoms with Gasteiger partial charge in [0.1, 0.15) is 6.61 Å². The number of hydrogen-bond acceptors (Lipinski definition) is 3. The zero-order valence-electron chi connectivity index (χ0n) is 10.5. The minimum absolute atomic E-state index is 0.0497. The maximum atomic E-state index is 11.8. The van der Waals surface area contributed by atoms with E-state index in [0.717, 1.165) is 5.56 Å². The molecule has 0 bridgehead atoms. The third-order valence-corrected chi connectivity index (χ3v) is 2.42. The van der Waals surface area contributed by atoms with Gasteiger partial charge in [-0.2, -0.15) is 0 Å². The second kappa shape index (κ2) is 8.55. The summed E-state index contributed by atoms with van der Waals surface area (Å²) in [5, 5.41) is 2.54. The predicted molar refractivity (Wildman–Crippen MR) is 68.0 cm³/mol. The van der Waals surface area contributed by atoms with Crippen LogP contribution in [0.3, 0.4) is 0 Å². The molecule has 1 aromatic carbocycles. The first-order valence-electron chi connectivity index (χ1n) is 6.02. The van der Waals surface area contributed by atoms with Crippen LogP contribution in [0.5, 0.6) is 0 Å². The molecule has 0 radical (unpaired) electrons. The summed E-state index contributed by atoms with van der Waals surface area (Å²) < 4.78 is 28.2. The van der Waals surface area contributed by atoms with Crippen LogP contribution in [0.25, 0.3) is 0 Å². The largest absolute Gasteiger partial charge is 0.374 e. The number of nitrogens with two attached hydrogens (primary N) is 1. The Morgan fingerprint density at radius 3 is 2.63 bits per heavy atom. The molecule has 1 aromatic rings. The number of amides is 1. The average molecular weight is 272 g/mol. The predicted octanol–water partition coefficient (Wildman–Crippen LogP) is 0.954. The molecule has 0 fully saturated rings. The van der Waals surface area contributed by atoms with Crippen LogP contribution in [0, 0.1) is 0 Å². The van der Waals surface area contributed by atoms with E-state index in [0.29, 0.717) is 6.42 Å². The highest BCUT2D eigenvalue weighted by atomic mass is 19.3. The van der Waals surface area contributed by atoms with E-state index in [2.05, 4.69) is 10.1 Å². The zero-order chi connectivity index (χ0) is 14.1. The lowest BCUT2D eigenvalue weighted by atomic mass is 10.1. The van der Waals surface area contributed by atoms with Gasteiger partial charge in [-0.05, 0) is 12.0 Å². The average Bonchev–Trinajstić information content (AvgIpc) is 2.38. The Kier molecular flexibility index (Phi) is 6.99. The molecule has 6 heteroatoms. The summed E-state index contributed by atoms with van der Waals surface area (Å²) in [4.78, 5) is 11.6. The summed E-state index contributed by atoms with van der Waals surface area (Å²) in [5.41, 5.74) is 6.71. The van der Waals surface area contributed by atoms with Gasteiger partial charge >= 0.3 is 0 Å². The smallest absolute Gasteiger partial charge is 0.261 e. The number of halogens is 2. The third-order valence-electron chi connectivity index (χ3n) is 2.42. The van der Waals surface area contributed by atoms with Crippen LogP contribution in [-0.2, 0) is 16.0 Å². The molecule has 0 aliphatic heterocycles. The Hall–Kier alpha value is -1.53. The Bertz CT molecular complexity index is 374. The summed E-state index contributed by atoms with van der Waals surface area (Å²) >= 11 is 0. The number of nitrogens with one attached hydrogen (secondary N) is 1. The van der Waals surface area contributed by atoms with Crippen molar-refractivity contribution in [1.82, 2.24) is 5.32 Å². The number of benzene rings is 1. The highest BCUT2D eigenvalue weighted by Crippen LogP contribution is 2.01. The Labute approximate surface area is 110 Å². The summed E-state index contributed by atoms with van der Waals surface area (Å²) in [6, 6.07) is 8.75. The Morgan fingerprint density at radius 1 is 1.32 bits per heavy atom. The van der Waals surface area contributed by atoms with Crippen molar-refractivity contribution >= 4 is 5.91 Å². The fourth-order valence-electron chi connectivity index (χ4n) is 1.51. The molecule has 0 aliphatic carbocycles. The molecule has 0 unspecified atom stereocenters. The van der Waals surface area contributed by atoms with Gasteiger partial charge in [0.15, 0.2) is 0 Å². The zero-order valence-corrected chi connectivity index (χ0v) is 10.5. The minimum atomic E-state index is -2.49. The van der Waals surface area contributed by atoms with Gasteiger partial charge in [0.05, 0.1) is 12.6 Å². The molecule has 3 N–H and O–H groups in total. The summed E-state index contributed by atoms with van der Waals surface area (Å²) in [5.74, 6) is -0.315. The summed E-state index contributed by atoms with van der Waals surface area (Å²) in [6.45, 7) is -0.395. The van der Waals surface area contributed by atoms with Crippen LogP contribution in [0.1, 0.15) is 5.56 Å². The number of alkyl halides is 2. The van der Waals surface area contributed by atoms with E-state index in [1.165, 1.54) is 0 Å². The lowest BCUT2D eigenvalue weighted by molar-refractivity contribution is -0.122. The topological polar surface area (TPSA) is 64.4 Å². The van der Waals surface area contributed by atoms with Crippen molar-refractivity contribution in [1.29, 1.82) is 0 Å². The van der Waals surface area contributed by atoms with Gasteiger partial charge in [-0.3, -0.25) is 4.79 Å². The van der Waals surface area contributed by atoms with Crippen molar-refractivity contribution in [2.75, 3.05) is 19.8 Å². The number of ether oxygens (including phenoxy) is 1. The van der Waals surface area contributed by atoms with Gasteiger partial charge in [-0.1, -0.05) is 30.3 Å². The first-order chi connectivity index (χ1) is 9.09. The monoisotopic (exact) mass is 272 g/mol. The van der Waals surface area contributed by atoms with E-state index < -0.39 is 19.1 Å². The molecular weight excluding hydrogens is 254 g/mol. The van der Waals surface area contributed by atoms with E-state index >= 15 is 0 Å². The number of carbonyl (C=O) groups excluding carboxylic acids is 1. The van der Waals surface area contributed by atoms with E-state index in [-0.39, 0.29) is 19.1 Å². The summed E-state index contributed by atoms with van der Waals surface area (Å²) in [6.07, 6.45) is -2.05. The molecule has 0 saturated carbocycles. The summed E-state index contributed by atoms with van der Waals surface area (Å²) in [7, 11) is 0. The fourth-order valence-corrected chi connectivity index (χ4v) is 1.51. The number of rotatable bonds is 8.